The fourth-order valence-corrected chi connectivity index (χ4v) is 2.13. The number of rotatable bonds is 7. The Hall–Kier alpha value is -1.59. The van der Waals surface area contributed by atoms with E-state index in [0.29, 0.717) is 11.6 Å². The van der Waals surface area contributed by atoms with E-state index in [9.17, 15) is 9.59 Å². The molecule has 1 rings (SSSR count). The summed E-state index contributed by atoms with van der Waals surface area (Å²) in [5, 5.41) is 6.21. The van der Waals surface area contributed by atoms with Crippen molar-refractivity contribution in [2.45, 2.75) is 32.4 Å². The van der Waals surface area contributed by atoms with E-state index in [1.54, 1.807) is 31.4 Å². The topological polar surface area (TPSA) is 67.4 Å². The molecule has 2 atom stereocenters. The van der Waals surface area contributed by atoms with E-state index in [-0.39, 0.29) is 30.3 Å². The maximum Gasteiger partial charge on any atom is 0.222 e. The smallest absolute Gasteiger partial charge is 0.222 e. The SMILES string of the molecule is COCC(C)NC(=O)CC(NC(C)=O)c1ccc(Cl)cc1. The van der Waals surface area contributed by atoms with Gasteiger partial charge < -0.3 is 15.4 Å². The van der Waals surface area contributed by atoms with Crippen LogP contribution in [-0.2, 0) is 14.3 Å². The van der Waals surface area contributed by atoms with Gasteiger partial charge in [-0.25, -0.2) is 0 Å². The van der Waals surface area contributed by atoms with Gasteiger partial charge in [0.25, 0.3) is 0 Å². The van der Waals surface area contributed by atoms with Crippen molar-refractivity contribution in [3.8, 4) is 0 Å². The van der Waals surface area contributed by atoms with Crippen molar-refractivity contribution in [2.75, 3.05) is 13.7 Å². The Bertz CT molecular complexity index is 476. The lowest BCUT2D eigenvalue weighted by Gasteiger charge is -2.20. The maximum absolute atomic E-state index is 12.0. The summed E-state index contributed by atoms with van der Waals surface area (Å²) in [5.41, 5.74) is 0.837. The average Bonchev–Trinajstić information content (AvgIpc) is 2.38. The van der Waals surface area contributed by atoms with E-state index >= 15 is 0 Å². The van der Waals surface area contributed by atoms with Crippen molar-refractivity contribution in [2.24, 2.45) is 0 Å². The second-order valence-electron chi connectivity index (χ2n) is 4.93. The van der Waals surface area contributed by atoms with Crippen LogP contribution < -0.4 is 10.6 Å². The van der Waals surface area contributed by atoms with Crippen molar-refractivity contribution < 1.29 is 14.3 Å². The molecule has 0 heterocycles. The Balaban J connectivity index is 2.72. The van der Waals surface area contributed by atoms with E-state index in [1.807, 2.05) is 6.92 Å². The first-order valence-electron chi connectivity index (χ1n) is 6.73. The zero-order valence-electron chi connectivity index (χ0n) is 12.5. The number of halogens is 1. The summed E-state index contributed by atoms with van der Waals surface area (Å²) in [6, 6.07) is 6.61. The van der Waals surface area contributed by atoms with Crippen LogP contribution in [0.5, 0.6) is 0 Å². The van der Waals surface area contributed by atoms with Crippen LogP contribution in [0.3, 0.4) is 0 Å². The summed E-state index contributed by atoms with van der Waals surface area (Å²) >= 11 is 5.85. The predicted molar refractivity (Wildman–Crippen MR) is 82.1 cm³/mol. The van der Waals surface area contributed by atoms with Gasteiger partial charge in [0.2, 0.25) is 11.8 Å². The van der Waals surface area contributed by atoms with Gasteiger partial charge in [0, 0.05) is 25.1 Å². The van der Waals surface area contributed by atoms with Crippen LogP contribution in [0.2, 0.25) is 5.02 Å². The molecule has 21 heavy (non-hydrogen) atoms. The molecule has 2 amide bonds. The standard InChI is InChI=1S/C15H21ClN2O3/c1-10(9-21-3)17-15(20)8-14(18-11(2)19)12-4-6-13(16)7-5-12/h4-7,10,14H,8-9H2,1-3H3,(H,17,20)(H,18,19). The van der Waals surface area contributed by atoms with Gasteiger partial charge in [-0.05, 0) is 24.6 Å². The first kappa shape index (κ1) is 17.5. The fourth-order valence-electron chi connectivity index (χ4n) is 2.00. The Kier molecular flexibility index (Phi) is 7.19. The molecular formula is C15H21ClN2O3. The first-order valence-corrected chi connectivity index (χ1v) is 7.11. The fraction of sp³-hybridized carbons (Fsp3) is 0.467. The highest BCUT2D eigenvalue weighted by Crippen LogP contribution is 2.19. The van der Waals surface area contributed by atoms with Crippen molar-refractivity contribution in [3.05, 3.63) is 34.9 Å². The van der Waals surface area contributed by atoms with Gasteiger partial charge in [-0.15, -0.1) is 0 Å². The minimum absolute atomic E-state index is 0.0781. The van der Waals surface area contributed by atoms with Gasteiger partial charge in [-0.1, -0.05) is 23.7 Å². The molecule has 1 aromatic carbocycles. The molecule has 0 aromatic heterocycles. The lowest BCUT2D eigenvalue weighted by Crippen LogP contribution is -2.38. The lowest BCUT2D eigenvalue weighted by molar-refractivity contribution is -0.123. The normalized spacial score (nSPS) is 13.3. The molecule has 0 fully saturated rings. The van der Waals surface area contributed by atoms with Crippen LogP contribution in [0.1, 0.15) is 31.9 Å². The molecule has 2 N–H and O–H groups in total. The predicted octanol–water partition coefficient (Wildman–Crippen LogP) is 2.06. The minimum Gasteiger partial charge on any atom is -0.383 e. The zero-order valence-corrected chi connectivity index (χ0v) is 13.2. The molecule has 0 radical (unpaired) electrons. The number of ether oxygens (including phenoxy) is 1. The molecule has 0 aliphatic carbocycles. The molecule has 0 saturated carbocycles. The van der Waals surface area contributed by atoms with Crippen LogP contribution >= 0.6 is 11.6 Å². The third kappa shape index (κ3) is 6.60. The first-order chi connectivity index (χ1) is 9.92. The molecule has 6 heteroatoms. The Morgan fingerprint density at radius 2 is 1.86 bits per heavy atom. The van der Waals surface area contributed by atoms with Gasteiger partial charge in [-0.2, -0.15) is 0 Å². The van der Waals surface area contributed by atoms with Crippen LogP contribution in [-0.4, -0.2) is 31.6 Å². The number of carbonyl (C=O) groups excluding carboxylic acids is 2. The summed E-state index contributed by atoms with van der Waals surface area (Å²) in [4.78, 5) is 23.3. The molecule has 0 bridgehead atoms. The summed E-state index contributed by atoms with van der Waals surface area (Å²) in [5.74, 6) is -0.332. The average molecular weight is 313 g/mol. The molecular weight excluding hydrogens is 292 g/mol. The maximum atomic E-state index is 12.0. The summed E-state index contributed by atoms with van der Waals surface area (Å²) in [6.45, 7) is 3.73. The Morgan fingerprint density at radius 3 is 2.38 bits per heavy atom. The van der Waals surface area contributed by atoms with Gasteiger partial charge >= 0.3 is 0 Å². The molecule has 0 saturated heterocycles. The largest absolute Gasteiger partial charge is 0.383 e. The van der Waals surface area contributed by atoms with Crippen molar-refractivity contribution >= 4 is 23.4 Å². The van der Waals surface area contributed by atoms with Crippen LogP contribution in [0.25, 0.3) is 0 Å². The van der Waals surface area contributed by atoms with E-state index in [2.05, 4.69) is 10.6 Å². The number of benzene rings is 1. The second kappa shape index (κ2) is 8.64. The molecule has 5 nitrogen and oxygen atoms in total. The summed E-state index contributed by atoms with van der Waals surface area (Å²) < 4.78 is 4.97. The molecule has 0 spiro atoms. The number of methoxy groups -OCH3 is 1. The Labute approximate surface area is 130 Å². The van der Waals surface area contributed by atoms with Crippen molar-refractivity contribution in [1.82, 2.24) is 10.6 Å². The van der Waals surface area contributed by atoms with Gasteiger partial charge in [0.1, 0.15) is 0 Å². The number of hydrogen-bond donors (Lipinski definition) is 2. The van der Waals surface area contributed by atoms with E-state index in [4.69, 9.17) is 16.3 Å². The summed E-state index contributed by atoms with van der Waals surface area (Å²) in [7, 11) is 1.58. The second-order valence-corrected chi connectivity index (χ2v) is 5.37. The van der Waals surface area contributed by atoms with E-state index in [0.717, 1.165) is 5.56 Å². The molecule has 116 valence electrons. The lowest BCUT2D eigenvalue weighted by atomic mass is 10.0. The number of carbonyl (C=O) groups is 2. The monoisotopic (exact) mass is 312 g/mol. The minimum atomic E-state index is -0.380. The zero-order chi connectivity index (χ0) is 15.8. The molecule has 2 unspecified atom stereocenters. The Morgan fingerprint density at radius 1 is 1.24 bits per heavy atom. The quantitative estimate of drug-likeness (QED) is 0.810. The number of amides is 2. The van der Waals surface area contributed by atoms with Gasteiger partial charge in [-0.3, -0.25) is 9.59 Å². The number of hydrogen-bond acceptors (Lipinski definition) is 3. The number of nitrogens with one attached hydrogen (secondary N) is 2. The third-order valence-corrected chi connectivity index (χ3v) is 3.12. The molecule has 0 aliphatic rings. The van der Waals surface area contributed by atoms with E-state index in [1.165, 1.54) is 6.92 Å². The molecule has 0 aliphatic heterocycles. The highest BCUT2D eigenvalue weighted by atomic mass is 35.5. The highest BCUT2D eigenvalue weighted by Gasteiger charge is 2.18. The highest BCUT2D eigenvalue weighted by molar-refractivity contribution is 6.30. The van der Waals surface area contributed by atoms with Crippen LogP contribution in [0, 0.1) is 0 Å². The van der Waals surface area contributed by atoms with Crippen LogP contribution in [0.4, 0.5) is 0 Å². The van der Waals surface area contributed by atoms with Gasteiger partial charge in [0.15, 0.2) is 0 Å². The third-order valence-electron chi connectivity index (χ3n) is 2.86. The van der Waals surface area contributed by atoms with Crippen molar-refractivity contribution in [3.63, 3.8) is 0 Å². The van der Waals surface area contributed by atoms with Crippen LogP contribution in [0.15, 0.2) is 24.3 Å². The van der Waals surface area contributed by atoms with E-state index < -0.39 is 0 Å². The van der Waals surface area contributed by atoms with Crippen molar-refractivity contribution in [1.29, 1.82) is 0 Å². The molecule has 1 aromatic rings. The summed E-state index contributed by atoms with van der Waals surface area (Å²) in [6.07, 6.45) is 0.162. The van der Waals surface area contributed by atoms with Gasteiger partial charge in [0.05, 0.1) is 19.1 Å².